The summed E-state index contributed by atoms with van der Waals surface area (Å²) < 4.78 is 0. The molecule has 0 bridgehead atoms. The molecule has 0 aliphatic rings. The summed E-state index contributed by atoms with van der Waals surface area (Å²) in [7, 11) is 0. The van der Waals surface area contributed by atoms with E-state index in [-0.39, 0.29) is 0 Å². The number of aliphatic carboxylic acids is 1. The molecule has 0 atom stereocenters. The Kier molecular flexibility index (Phi) is 5.44. The maximum atomic E-state index is 10.5. The molecule has 0 saturated carbocycles. The van der Waals surface area contributed by atoms with Crippen LogP contribution in [0.4, 0.5) is 0 Å². The predicted molar refractivity (Wildman–Crippen MR) is 87.2 cm³/mol. The van der Waals surface area contributed by atoms with Crippen LogP contribution < -0.4 is 0 Å². The summed E-state index contributed by atoms with van der Waals surface area (Å²) in [5.74, 6) is 0.974. The first kappa shape index (κ1) is 14.9. The topological polar surface area (TPSA) is 37.3 Å². The summed E-state index contributed by atoms with van der Waals surface area (Å²) in [5, 5.41) is 10.7. The van der Waals surface area contributed by atoms with Gasteiger partial charge in [-0.1, -0.05) is 29.8 Å². The molecule has 0 radical (unpaired) electrons. The van der Waals surface area contributed by atoms with Gasteiger partial charge in [-0.25, -0.2) is 4.79 Å². The van der Waals surface area contributed by atoms with Crippen molar-refractivity contribution in [1.29, 1.82) is 0 Å². The number of carboxylic acids is 1. The lowest BCUT2D eigenvalue weighted by Gasteiger charge is -2.03. The quantitative estimate of drug-likeness (QED) is 0.793. The first-order chi connectivity index (χ1) is 9.65. The molecular weight excluding hydrogens is 288 g/mol. The molecule has 1 N–H and O–H groups in total. The van der Waals surface area contributed by atoms with Crippen molar-refractivity contribution in [3.05, 3.63) is 63.4 Å². The van der Waals surface area contributed by atoms with Crippen molar-refractivity contribution < 1.29 is 9.90 Å². The summed E-state index contributed by atoms with van der Waals surface area (Å²) in [5.41, 5.74) is 3.62. The molecule has 2 aromatic rings. The zero-order chi connectivity index (χ0) is 14.4. The van der Waals surface area contributed by atoms with Gasteiger partial charge in [-0.15, -0.1) is 11.3 Å². The molecule has 1 aromatic heterocycles. The SMILES string of the molecule is Cc1cccc(CSCc2sccc2C=CC(=O)O)c1. The minimum absolute atomic E-state index is 0.908. The molecule has 0 aliphatic heterocycles. The van der Waals surface area contributed by atoms with Crippen LogP contribution >= 0.6 is 23.1 Å². The Balaban J connectivity index is 1.91. The lowest BCUT2D eigenvalue weighted by atomic mass is 10.2. The number of hydrogen-bond donors (Lipinski definition) is 1. The Morgan fingerprint density at radius 2 is 2.20 bits per heavy atom. The van der Waals surface area contributed by atoms with Gasteiger partial charge >= 0.3 is 5.97 Å². The van der Waals surface area contributed by atoms with E-state index in [4.69, 9.17) is 5.11 Å². The molecule has 2 nitrogen and oxygen atoms in total. The first-order valence-corrected chi connectivity index (χ1v) is 8.29. The van der Waals surface area contributed by atoms with Gasteiger partial charge in [0.1, 0.15) is 0 Å². The number of hydrogen-bond acceptors (Lipinski definition) is 3. The normalized spacial score (nSPS) is 11.1. The van der Waals surface area contributed by atoms with E-state index >= 15 is 0 Å². The first-order valence-electron chi connectivity index (χ1n) is 6.26. The molecule has 1 aromatic carbocycles. The second-order valence-corrected chi connectivity index (χ2v) is 6.44. The zero-order valence-electron chi connectivity index (χ0n) is 11.2. The lowest BCUT2D eigenvalue weighted by molar-refractivity contribution is -0.131. The van der Waals surface area contributed by atoms with Crippen molar-refractivity contribution in [3.63, 3.8) is 0 Å². The molecule has 104 valence electrons. The molecule has 2 rings (SSSR count). The largest absolute Gasteiger partial charge is 0.478 e. The molecule has 0 fully saturated rings. The standard InChI is InChI=1S/C16H16O2S2/c1-12-3-2-4-13(9-12)10-19-11-15-14(7-8-20-15)5-6-16(17)18/h2-9H,10-11H2,1H3,(H,17,18). The van der Waals surface area contributed by atoms with Crippen LogP contribution in [0.3, 0.4) is 0 Å². The van der Waals surface area contributed by atoms with Crippen LogP contribution in [0, 0.1) is 6.92 Å². The van der Waals surface area contributed by atoms with E-state index in [1.165, 1.54) is 22.1 Å². The summed E-state index contributed by atoms with van der Waals surface area (Å²) in [6, 6.07) is 10.5. The van der Waals surface area contributed by atoms with E-state index < -0.39 is 5.97 Å². The van der Waals surface area contributed by atoms with Gasteiger partial charge in [0.05, 0.1) is 0 Å². The van der Waals surface area contributed by atoms with Gasteiger partial charge in [0.2, 0.25) is 0 Å². The monoisotopic (exact) mass is 304 g/mol. The number of benzene rings is 1. The Morgan fingerprint density at radius 1 is 1.35 bits per heavy atom. The molecule has 4 heteroatoms. The second kappa shape index (κ2) is 7.31. The van der Waals surface area contributed by atoms with E-state index in [0.29, 0.717) is 0 Å². The van der Waals surface area contributed by atoms with Gasteiger partial charge in [-0.2, -0.15) is 11.8 Å². The lowest BCUT2D eigenvalue weighted by Crippen LogP contribution is -1.87. The molecule has 0 spiro atoms. The van der Waals surface area contributed by atoms with Crippen LogP contribution in [0.1, 0.15) is 21.6 Å². The molecule has 0 aliphatic carbocycles. The summed E-state index contributed by atoms with van der Waals surface area (Å²) >= 11 is 3.52. The predicted octanol–water partition coefficient (Wildman–Crippen LogP) is 4.59. The third-order valence-corrected chi connectivity index (χ3v) is 4.92. The fourth-order valence-electron chi connectivity index (χ4n) is 1.84. The van der Waals surface area contributed by atoms with Crippen LogP contribution in [0.15, 0.2) is 41.8 Å². The van der Waals surface area contributed by atoms with E-state index in [1.54, 1.807) is 17.4 Å². The van der Waals surface area contributed by atoms with Crippen LogP contribution in [-0.4, -0.2) is 11.1 Å². The van der Waals surface area contributed by atoms with Gasteiger partial charge < -0.3 is 5.11 Å². The Labute approximate surface area is 127 Å². The Hall–Kier alpha value is -1.52. The van der Waals surface area contributed by atoms with Crippen molar-refractivity contribution >= 4 is 35.1 Å². The van der Waals surface area contributed by atoms with E-state index in [0.717, 1.165) is 17.1 Å². The average Bonchev–Trinajstić information content (AvgIpc) is 2.84. The summed E-state index contributed by atoms with van der Waals surface area (Å²) in [6.45, 7) is 2.10. The molecular formula is C16H16O2S2. The minimum Gasteiger partial charge on any atom is -0.478 e. The highest BCUT2D eigenvalue weighted by Crippen LogP contribution is 2.25. The zero-order valence-corrected chi connectivity index (χ0v) is 12.8. The minimum atomic E-state index is -0.908. The van der Waals surface area contributed by atoms with Crippen LogP contribution in [0.25, 0.3) is 6.08 Å². The molecule has 20 heavy (non-hydrogen) atoms. The molecule has 0 amide bonds. The molecule has 0 unspecified atom stereocenters. The van der Waals surface area contributed by atoms with Crippen molar-refractivity contribution in [1.82, 2.24) is 0 Å². The van der Waals surface area contributed by atoms with E-state index in [1.807, 2.05) is 23.2 Å². The van der Waals surface area contributed by atoms with Crippen LogP contribution in [-0.2, 0) is 16.3 Å². The van der Waals surface area contributed by atoms with Gasteiger partial charge in [-0.05, 0) is 35.6 Å². The maximum Gasteiger partial charge on any atom is 0.328 e. The number of rotatable bonds is 6. The average molecular weight is 304 g/mol. The van der Waals surface area contributed by atoms with Gasteiger partial charge in [0.15, 0.2) is 0 Å². The molecule has 1 heterocycles. The van der Waals surface area contributed by atoms with Gasteiger partial charge in [0, 0.05) is 22.5 Å². The van der Waals surface area contributed by atoms with Crippen molar-refractivity contribution in [2.24, 2.45) is 0 Å². The Bertz CT molecular complexity index is 614. The highest BCUT2D eigenvalue weighted by atomic mass is 32.2. The molecule has 0 saturated heterocycles. The Morgan fingerprint density at radius 3 is 2.95 bits per heavy atom. The van der Waals surface area contributed by atoms with Crippen LogP contribution in [0.5, 0.6) is 0 Å². The van der Waals surface area contributed by atoms with Gasteiger partial charge in [-0.3, -0.25) is 0 Å². The fourth-order valence-corrected chi connectivity index (χ4v) is 3.88. The third kappa shape index (κ3) is 4.54. The number of aryl methyl sites for hydroxylation is 1. The summed E-state index contributed by atoms with van der Waals surface area (Å²) in [6.07, 6.45) is 2.86. The van der Waals surface area contributed by atoms with Crippen molar-refractivity contribution in [3.8, 4) is 0 Å². The number of thioether (sulfide) groups is 1. The third-order valence-electron chi connectivity index (χ3n) is 2.77. The smallest absolute Gasteiger partial charge is 0.328 e. The number of carboxylic acid groups (broad SMARTS) is 1. The van der Waals surface area contributed by atoms with E-state index in [9.17, 15) is 4.79 Å². The second-order valence-electron chi connectivity index (χ2n) is 4.45. The number of carbonyl (C=O) groups is 1. The summed E-state index contributed by atoms with van der Waals surface area (Å²) in [4.78, 5) is 11.8. The fraction of sp³-hybridized carbons (Fsp3) is 0.188. The van der Waals surface area contributed by atoms with Crippen molar-refractivity contribution in [2.45, 2.75) is 18.4 Å². The highest BCUT2D eigenvalue weighted by molar-refractivity contribution is 7.97. The van der Waals surface area contributed by atoms with Crippen molar-refractivity contribution in [2.75, 3.05) is 0 Å². The van der Waals surface area contributed by atoms with Crippen LogP contribution in [0.2, 0.25) is 0 Å². The van der Waals surface area contributed by atoms with E-state index in [2.05, 4.69) is 31.2 Å². The highest BCUT2D eigenvalue weighted by Gasteiger charge is 2.03. The number of thiophene rings is 1. The van der Waals surface area contributed by atoms with Gasteiger partial charge in [0.25, 0.3) is 0 Å². The maximum absolute atomic E-state index is 10.5.